The Bertz CT molecular complexity index is 782. The van der Waals surface area contributed by atoms with Crippen LogP contribution in [-0.2, 0) is 9.59 Å². The van der Waals surface area contributed by atoms with Gasteiger partial charge in [0.05, 0.1) is 13.7 Å². The molecule has 170 valence electrons. The largest absolute Gasteiger partial charge is 0.493 e. The quantitative estimate of drug-likeness (QED) is 0.627. The van der Waals surface area contributed by atoms with Crippen LogP contribution < -0.4 is 9.47 Å². The fourth-order valence-corrected chi connectivity index (χ4v) is 5.63. The Hall–Kier alpha value is -2.24. The van der Waals surface area contributed by atoms with E-state index in [4.69, 9.17) is 9.47 Å². The van der Waals surface area contributed by atoms with Crippen LogP contribution in [0.15, 0.2) is 18.2 Å². The lowest BCUT2D eigenvalue weighted by atomic mass is 9.95. The van der Waals surface area contributed by atoms with Crippen molar-refractivity contribution in [2.75, 3.05) is 20.3 Å². The summed E-state index contributed by atoms with van der Waals surface area (Å²) in [7, 11) is 1.61. The van der Waals surface area contributed by atoms with Gasteiger partial charge in [0.25, 0.3) is 5.91 Å². The Labute approximate surface area is 185 Å². The molecule has 1 atom stereocenters. The van der Waals surface area contributed by atoms with E-state index >= 15 is 0 Å². The van der Waals surface area contributed by atoms with Crippen LogP contribution in [0.25, 0.3) is 0 Å². The van der Waals surface area contributed by atoms with Gasteiger partial charge >= 0.3 is 0 Å². The molecule has 6 heteroatoms. The Balaban J connectivity index is 1.70. The molecular formula is C25H36N2O4. The first kappa shape index (κ1) is 22.0. The van der Waals surface area contributed by atoms with Crippen LogP contribution in [0.3, 0.4) is 0 Å². The summed E-state index contributed by atoms with van der Waals surface area (Å²) < 4.78 is 11.2. The van der Waals surface area contributed by atoms with Gasteiger partial charge in [0.15, 0.2) is 11.5 Å². The Kier molecular flexibility index (Phi) is 7.03. The van der Waals surface area contributed by atoms with Gasteiger partial charge in [0.2, 0.25) is 5.91 Å². The van der Waals surface area contributed by atoms with Crippen molar-refractivity contribution in [3.8, 4) is 11.5 Å². The predicted molar refractivity (Wildman–Crippen MR) is 119 cm³/mol. The average Bonchev–Trinajstić information content (AvgIpc) is 3.17. The van der Waals surface area contributed by atoms with E-state index < -0.39 is 6.04 Å². The van der Waals surface area contributed by atoms with Crippen LogP contribution in [0.5, 0.6) is 11.5 Å². The van der Waals surface area contributed by atoms with Gasteiger partial charge in [-0.3, -0.25) is 9.59 Å². The van der Waals surface area contributed by atoms with Crippen molar-refractivity contribution < 1.29 is 19.1 Å². The highest BCUT2D eigenvalue weighted by Gasteiger charge is 2.46. The Morgan fingerprint density at radius 3 is 2.19 bits per heavy atom. The maximum absolute atomic E-state index is 13.9. The first-order chi connectivity index (χ1) is 15.1. The molecule has 1 aromatic rings. The molecule has 0 aromatic heterocycles. The first-order valence-corrected chi connectivity index (χ1v) is 12.1. The number of hydrogen-bond acceptors (Lipinski definition) is 4. The number of carbonyl (C=O) groups excluding carboxylic acids is 2. The summed E-state index contributed by atoms with van der Waals surface area (Å²) in [6.45, 7) is 2.70. The third-order valence-electron chi connectivity index (χ3n) is 7.18. The maximum atomic E-state index is 13.9. The second-order valence-electron chi connectivity index (χ2n) is 9.10. The number of hydrogen-bond donors (Lipinski definition) is 0. The SMILES string of the molecule is CCOc1ccc([C@@H]2C(=O)N(C3CCCCCC3)CC(=O)N2C2CCCC2)cc1OC. The van der Waals surface area contributed by atoms with Crippen LogP contribution in [0, 0.1) is 0 Å². The lowest BCUT2D eigenvalue weighted by Crippen LogP contribution is -2.60. The minimum absolute atomic E-state index is 0.0737. The molecule has 0 bridgehead atoms. The van der Waals surface area contributed by atoms with E-state index in [-0.39, 0.29) is 30.4 Å². The van der Waals surface area contributed by atoms with Gasteiger partial charge in [-0.1, -0.05) is 44.6 Å². The zero-order valence-electron chi connectivity index (χ0n) is 19.0. The van der Waals surface area contributed by atoms with E-state index in [1.807, 2.05) is 34.9 Å². The minimum Gasteiger partial charge on any atom is -0.493 e. The minimum atomic E-state index is -0.572. The number of amides is 2. The van der Waals surface area contributed by atoms with Crippen molar-refractivity contribution in [1.82, 2.24) is 9.80 Å². The molecule has 0 N–H and O–H groups in total. The van der Waals surface area contributed by atoms with Crippen LogP contribution in [0.1, 0.15) is 82.7 Å². The van der Waals surface area contributed by atoms with Gasteiger partial charge in [-0.15, -0.1) is 0 Å². The summed E-state index contributed by atoms with van der Waals surface area (Å²) >= 11 is 0. The molecule has 3 fully saturated rings. The maximum Gasteiger partial charge on any atom is 0.250 e. The molecular weight excluding hydrogens is 392 g/mol. The van der Waals surface area contributed by atoms with Gasteiger partial charge in [0.1, 0.15) is 12.6 Å². The van der Waals surface area contributed by atoms with Crippen LogP contribution in [-0.4, -0.2) is 54.0 Å². The van der Waals surface area contributed by atoms with Gasteiger partial charge in [-0.25, -0.2) is 0 Å². The molecule has 0 radical (unpaired) electrons. The zero-order valence-corrected chi connectivity index (χ0v) is 19.0. The fourth-order valence-electron chi connectivity index (χ4n) is 5.63. The van der Waals surface area contributed by atoms with E-state index in [0.29, 0.717) is 18.1 Å². The lowest BCUT2D eigenvalue weighted by molar-refractivity contribution is -0.161. The summed E-state index contributed by atoms with van der Waals surface area (Å²) in [6, 6.07) is 5.44. The normalized spacial score (nSPS) is 23.9. The highest BCUT2D eigenvalue weighted by molar-refractivity contribution is 5.96. The van der Waals surface area contributed by atoms with Gasteiger partial charge < -0.3 is 19.3 Å². The molecule has 0 unspecified atom stereocenters. The van der Waals surface area contributed by atoms with Crippen molar-refractivity contribution in [2.45, 2.75) is 89.3 Å². The van der Waals surface area contributed by atoms with E-state index in [9.17, 15) is 9.59 Å². The summed E-state index contributed by atoms with van der Waals surface area (Å²) in [6.07, 6.45) is 10.9. The summed E-state index contributed by atoms with van der Waals surface area (Å²) in [5.74, 6) is 1.44. The van der Waals surface area contributed by atoms with Gasteiger partial charge in [-0.2, -0.15) is 0 Å². The van der Waals surface area contributed by atoms with Crippen LogP contribution in [0.4, 0.5) is 0 Å². The summed E-state index contributed by atoms with van der Waals surface area (Å²) in [5.41, 5.74) is 0.823. The summed E-state index contributed by atoms with van der Waals surface area (Å²) in [5, 5.41) is 0. The molecule has 2 saturated carbocycles. The van der Waals surface area contributed by atoms with E-state index in [0.717, 1.165) is 56.9 Å². The van der Waals surface area contributed by atoms with Crippen LogP contribution >= 0.6 is 0 Å². The standard InChI is InChI=1S/C25H36N2O4/c1-3-31-21-15-14-18(16-22(21)30-2)24-25(29)26(19-10-6-4-5-7-11-19)17-23(28)27(24)20-12-8-9-13-20/h14-16,19-20,24H,3-13,17H2,1-2H3/t24-/m1/s1. The van der Waals surface area contributed by atoms with E-state index in [2.05, 4.69) is 0 Å². The molecule has 0 spiro atoms. The topological polar surface area (TPSA) is 59.1 Å². The third kappa shape index (κ3) is 4.53. The van der Waals surface area contributed by atoms with E-state index in [1.165, 1.54) is 12.8 Å². The highest BCUT2D eigenvalue weighted by atomic mass is 16.5. The first-order valence-electron chi connectivity index (χ1n) is 12.1. The summed E-state index contributed by atoms with van der Waals surface area (Å²) in [4.78, 5) is 31.2. The number of benzene rings is 1. The molecule has 1 saturated heterocycles. The predicted octanol–water partition coefficient (Wildman–Crippen LogP) is 4.47. The fraction of sp³-hybridized carbons (Fsp3) is 0.680. The second kappa shape index (κ2) is 9.92. The van der Waals surface area contributed by atoms with E-state index in [1.54, 1.807) is 7.11 Å². The van der Waals surface area contributed by atoms with Crippen molar-refractivity contribution in [1.29, 1.82) is 0 Å². The molecule has 1 heterocycles. The van der Waals surface area contributed by atoms with Gasteiger partial charge in [0, 0.05) is 12.1 Å². The molecule has 1 aliphatic heterocycles. The molecule has 2 amide bonds. The van der Waals surface area contributed by atoms with Gasteiger partial charge in [-0.05, 0) is 50.3 Å². The van der Waals surface area contributed by atoms with Crippen molar-refractivity contribution in [3.63, 3.8) is 0 Å². The smallest absolute Gasteiger partial charge is 0.250 e. The molecule has 1 aromatic carbocycles. The van der Waals surface area contributed by atoms with Crippen LogP contribution in [0.2, 0.25) is 0 Å². The van der Waals surface area contributed by atoms with Crippen molar-refractivity contribution in [2.24, 2.45) is 0 Å². The Morgan fingerprint density at radius 1 is 0.903 bits per heavy atom. The number of rotatable bonds is 6. The van der Waals surface area contributed by atoms with Crippen molar-refractivity contribution in [3.05, 3.63) is 23.8 Å². The molecule has 31 heavy (non-hydrogen) atoms. The number of ether oxygens (including phenoxy) is 2. The average molecular weight is 429 g/mol. The molecule has 3 aliphatic rings. The Morgan fingerprint density at radius 2 is 1.55 bits per heavy atom. The highest BCUT2D eigenvalue weighted by Crippen LogP contribution is 2.39. The molecule has 4 rings (SSSR count). The second-order valence-corrected chi connectivity index (χ2v) is 9.10. The lowest BCUT2D eigenvalue weighted by Gasteiger charge is -2.46. The zero-order chi connectivity index (χ0) is 21.8. The van der Waals surface area contributed by atoms with Crippen molar-refractivity contribution >= 4 is 11.8 Å². The number of piperazine rings is 1. The number of nitrogens with zero attached hydrogens (tertiary/aromatic N) is 2. The molecule has 2 aliphatic carbocycles. The third-order valence-corrected chi connectivity index (χ3v) is 7.18. The monoisotopic (exact) mass is 428 g/mol. The number of methoxy groups -OCH3 is 1. The molecule has 6 nitrogen and oxygen atoms in total. The number of carbonyl (C=O) groups is 2.